The highest BCUT2D eigenvalue weighted by molar-refractivity contribution is 5.97. The lowest BCUT2D eigenvalue weighted by atomic mass is 10.2. The third-order valence-corrected chi connectivity index (χ3v) is 1.51. The summed E-state index contributed by atoms with van der Waals surface area (Å²) in [6.07, 6.45) is 4.88. The lowest BCUT2D eigenvalue weighted by molar-refractivity contribution is 0.931. The van der Waals surface area contributed by atoms with Crippen LogP contribution in [0.1, 0.15) is 41.0 Å². The average Bonchev–Trinajstić information content (AvgIpc) is 2.17. The van der Waals surface area contributed by atoms with Gasteiger partial charge in [-0.15, -0.1) is 0 Å². The second kappa shape index (κ2) is 11.2. The first-order valence-corrected chi connectivity index (χ1v) is 5.03. The lowest BCUT2D eigenvalue weighted by Crippen LogP contribution is -1.94. The number of hydrogen-bond acceptors (Lipinski definition) is 1. The molecule has 0 spiro atoms. The summed E-state index contributed by atoms with van der Waals surface area (Å²) in [6, 6.07) is 0. The first-order valence-electron chi connectivity index (χ1n) is 5.03. The van der Waals surface area contributed by atoms with Gasteiger partial charge in [-0.2, -0.15) is 0 Å². The molecular weight excluding hydrogens is 158 g/mol. The molecular formula is C12H23N. The van der Waals surface area contributed by atoms with Gasteiger partial charge in [0.25, 0.3) is 0 Å². The van der Waals surface area contributed by atoms with E-state index >= 15 is 0 Å². The van der Waals surface area contributed by atoms with E-state index in [0.29, 0.717) is 0 Å². The van der Waals surface area contributed by atoms with Crippen molar-refractivity contribution in [3.63, 3.8) is 0 Å². The van der Waals surface area contributed by atoms with Crippen LogP contribution in [0.5, 0.6) is 0 Å². The van der Waals surface area contributed by atoms with Crippen LogP contribution in [0, 0.1) is 0 Å². The molecule has 13 heavy (non-hydrogen) atoms. The minimum atomic E-state index is 0.925. The van der Waals surface area contributed by atoms with Crippen molar-refractivity contribution in [1.29, 1.82) is 0 Å². The van der Waals surface area contributed by atoms with Gasteiger partial charge in [0.1, 0.15) is 0 Å². The van der Waals surface area contributed by atoms with E-state index in [2.05, 4.69) is 25.4 Å². The Labute approximate surface area is 83.3 Å². The molecule has 0 aliphatic carbocycles. The van der Waals surface area contributed by atoms with Gasteiger partial charge >= 0.3 is 0 Å². The fraction of sp³-hybridized carbons (Fsp3) is 0.583. The van der Waals surface area contributed by atoms with Crippen molar-refractivity contribution in [2.45, 2.75) is 41.0 Å². The average molecular weight is 181 g/mol. The van der Waals surface area contributed by atoms with E-state index in [0.717, 1.165) is 18.7 Å². The number of allylic oxidation sites excluding steroid dienone is 3. The maximum atomic E-state index is 4.36. The van der Waals surface area contributed by atoms with Crippen molar-refractivity contribution in [2.24, 2.45) is 4.99 Å². The van der Waals surface area contributed by atoms with Crippen LogP contribution in [0.2, 0.25) is 0 Å². The SMILES string of the molecule is C=C/C=C(/C)C(C)=NCCC.CC. The predicted octanol–water partition coefficient (Wildman–Crippen LogP) is 4.02. The molecule has 0 amide bonds. The molecule has 0 aliphatic heterocycles. The van der Waals surface area contributed by atoms with Crippen LogP contribution in [0.25, 0.3) is 0 Å². The van der Waals surface area contributed by atoms with Gasteiger partial charge in [-0.3, -0.25) is 4.99 Å². The fourth-order valence-corrected chi connectivity index (χ4v) is 0.702. The zero-order chi connectivity index (χ0) is 10.7. The molecule has 0 saturated carbocycles. The Balaban J connectivity index is 0. The van der Waals surface area contributed by atoms with E-state index in [1.165, 1.54) is 5.57 Å². The van der Waals surface area contributed by atoms with Gasteiger partial charge in [0.2, 0.25) is 0 Å². The highest BCUT2D eigenvalue weighted by Crippen LogP contribution is 1.97. The summed E-state index contributed by atoms with van der Waals surface area (Å²) in [5.74, 6) is 0. The van der Waals surface area contributed by atoms with E-state index in [4.69, 9.17) is 0 Å². The standard InChI is InChI=1S/C10H17N.C2H6/c1-5-7-9(3)10(4)11-8-6-2;1-2/h5,7H,1,6,8H2,2-4H3;1-2H3/b9-7-,11-10?;. The van der Waals surface area contributed by atoms with Gasteiger partial charge in [-0.25, -0.2) is 0 Å². The van der Waals surface area contributed by atoms with Crippen molar-refractivity contribution >= 4 is 5.71 Å². The van der Waals surface area contributed by atoms with Gasteiger partial charge in [0, 0.05) is 12.3 Å². The third-order valence-electron chi connectivity index (χ3n) is 1.51. The molecule has 0 aliphatic rings. The summed E-state index contributed by atoms with van der Waals surface area (Å²) in [6.45, 7) is 14.8. The van der Waals surface area contributed by atoms with E-state index < -0.39 is 0 Å². The molecule has 0 saturated heterocycles. The Bertz CT molecular complexity index is 176. The number of rotatable bonds is 4. The quantitative estimate of drug-likeness (QED) is 0.459. The van der Waals surface area contributed by atoms with Gasteiger partial charge in [0.05, 0.1) is 0 Å². The van der Waals surface area contributed by atoms with Crippen LogP contribution in [0.4, 0.5) is 0 Å². The zero-order valence-electron chi connectivity index (χ0n) is 9.72. The van der Waals surface area contributed by atoms with Gasteiger partial charge in [-0.1, -0.05) is 39.5 Å². The molecule has 0 atom stereocenters. The summed E-state index contributed by atoms with van der Waals surface area (Å²) < 4.78 is 0. The van der Waals surface area contributed by atoms with Crippen LogP contribution < -0.4 is 0 Å². The summed E-state index contributed by atoms with van der Waals surface area (Å²) in [4.78, 5) is 4.36. The molecule has 76 valence electrons. The maximum absolute atomic E-state index is 4.36. The minimum absolute atomic E-state index is 0.925. The molecule has 0 bridgehead atoms. The Kier molecular flexibility index (Phi) is 12.6. The van der Waals surface area contributed by atoms with Crippen molar-refractivity contribution in [3.8, 4) is 0 Å². The highest BCUT2D eigenvalue weighted by Gasteiger charge is 1.90. The molecule has 0 aromatic carbocycles. The molecule has 0 aromatic rings. The van der Waals surface area contributed by atoms with Crippen LogP contribution >= 0.6 is 0 Å². The number of aliphatic imine (C=N–C) groups is 1. The summed E-state index contributed by atoms with van der Waals surface area (Å²) in [7, 11) is 0. The molecule has 0 radical (unpaired) electrons. The zero-order valence-corrected chi connectivity index (χ0v) is 9.72. The maximum Gasteiger partial charge on any atom is 0.0389 e. The Morgan fingerprint density at radius 1 is 1.31 bits per heavy atom. The molecule has 0 aromatic heterocycles. The normalized spacial score (nSPS) is 11.8. The highest BCUT2D eigenvalue weighted by atomic mass is 14.7. The van der Waals surface area contributed by atoms with Crippen molar-refractivity contribution in [1.82, 2.24) is 0 Å². The minimum Gasteiger partial charge on any atom is -0.290 e. The van der Waals surface area contributed by atoms with Crippen molar-refractivity contribution in [3.05, 3.63) is 24.3 Å². The number of nitrogens with zero attached hydrogens (tertiary/aromatic N) is 1. The smallest absolute Gasteiger partial charge is 0.0389 e. The van der Waals surface area contributed by atoms with Gasteiger partial charge < -0.3 is 0 Å². The van der Waals surface area contributed by atoms with Crippen LogP contribution in [-0.2, 0) is 0 Å². The Hall–Kier alpha value is -0.850. The van der Waals surface area contributed by atoms with E-state index in [-0.39, 0.29) is 0 Å². The molecule has 1 nitrogen and oxygen atoms in total. The molecule has 0 rings (SSSR count). The molecule has 0 fully saturated rings. The third kappa shape index (κ3) is 9.06. The van der Waals surface area contributed by atoms with Gasteiger partial charge in [-0.05, 0) is 25.8 Å². The first-order chi connectivity index (χ1) is 6.22. The van der Waals surface area contributed by atoms with E-state index in [1.807, 2.05) is 26.8 Å². The lowest BCUT2D eigenvalue weighted by Gasteiger charge is -1.97. The fourth-order valence-electron chi connectivity index (χ4n) is 0.702. The summed E-state index contributed by atoms with van der Waals surface area (Å²) in [5.41, 5.74) is 2.32. The van der Waals surface area contributed by atoms with Crippen LogP contribution in [-0.4, -0.2) is 12.3 Å². The van der Waals surface area contributed by atoms with Crippen LogP contribution in [0.15, 0.2) is 29.3 Å². The second-order valence-electron chi connectivity index (χ2n) is 2.55. The first kappa shape index (κ1) is 14.7. The van der Waals surface area contributed by atoms with E-state index in [1.54, 1.807) is 6.08 Å². The predicted molar refractivity (Wildman–Crippen MR) is 63.6 cm³/mol. The summed E-state index contributed by atoms with van der Waals surface area (Å²) in [5, 5.41) is 0. The van der Waals surface area contributed by atoms with Crippen molar-refractivity contribution in [2.75, 3.05) is 6.54 Å². The number of hydrogen-bond donors (Lipinski definition) is 0. The molecule has 0 N–H and O–H groups in total. The monoisotopic (exact) mass is 181 g/mol. The Morgan fingerprint density at radius 2 is 1.85 bits per heavy atom. The topological polar surface area (TPSA) is 12.4 Å². The van der Waals surface area contributed by atoms with Gasteiger partial charge in [0.15, 0.2) is 0 Å². The second-order valence-corrected chi connectivity index (χ2v) is 2.55. The van der Waals surface area contributed by atoms with Crippen molar-refractivity contribution < 1.29 is 0 Å². The molecule has 0 heterocycles. The summed E-state index contributed by atoms with van der Waals surface area (Å²) >= 11 is 0. The molecule has 0 unspecified atom stereocenters. The van der Waals surface area contributed by atoms with E-state index in [9.17, 15) is 0 Å². The largest absolute Gasteiger partial charge is 0.290 e. The molecule has 1 heteroatoms. The van der Waals surface area contributed by atoms with Crippen LogP contribution in [0.3, 0.4) is 0 Å². The Morgan fingerprint density at radius 3 is 2.23 bits per heavy atom.